The van der Waals surface area contributed by atoms with Crippen molar-refractivity contribution in [3.05, 3.63) is 52.1 Å². The second-order valence-electron chi connectivity index (χ2n) is 2.66. The van der Waals surface area contributed by atoms with Crippen LogP contribution in [0.5, 0.6) is 0 Å². The van der Waals surface area contributed by atoms with E-state index in [0.29, 0.717) is 6.42 Å². The molecule has 0 bridgehead atoms. The van der Waals surface area contributed by atoms with Crippen LogP contribution < -0.4 is 0 Å². The van der Waals surface area contributed by atoms with Gasteiger partial charge in [0.2, 0.25) is 6.54 Å². The van der Waals surface area contributed by atoms with E-state index in [4.69, 9.17) is 0 Å². The predicted octanol–water partition coefficient (Wildman–Crippen LogP) is 2.37. The van der Waals surface area contributed by atoms with Crippen LogP contribution in [0.25, 0.3) is 6.08 Å². The molecule has 0 N–H and O–H groups in total. The minimum atomic E-state index is -0.310. The first-order chi connectivity index (χ1) is 6.29. The van der Waals surface area contributed by atoms with Crippen LogP contribution in [-0.2, 0) is 0 Å². The van der Waals surface area contributed by atoms with Crippen molar-refractivity contribution in [2.75, 3.05) is 6.54 Å². The molecule has 1 rings (SSSR count). The van der Waals surface area contributed by atoms with Crippen LogP contribution in [0.3, 0.4) is 0 Å². The van der Waals surface area contributed by atoms with E-state index in [-0.39, 0.29) is 11.5 Å². The molecule has 0 saturated carbocycles. The summed E-state index contributed by atoms with van der Waals surface area (Å²) in [6.07, 6.45) is 4.20. The molecular formula is C10H11NO2. The highest BCUT2D eigenvalue weighted by Crippen LogP contribution is 2.01. The molecule has 0 aliphatic carbocycles. The predicted molar refractivity (Wildman–Crippen MR) is 52.0 cm³/mol. The van der Waals surface area contributed by atoms with E-state index in [0.717, 1.165) is 5.56 Å². The molecule has 0 aliphatic rings. The summed E-state index contributed by atoms with van der Waals surface area (Å²) < 4.78 is 0. The van der Waals surface area contributed by atoms with E-state index in [2.05, 4.69) is 0 Å². The van der Waals surface area contributed by atoms with Gasteiger partial charge in [-0.3, -0.25) is 10.1 Å². The van der Waals surface area contributed by atoms with Crippen molar-refractivity contribution >= 4 is 6.08 Å². The minimum Gasteiger partial charge on any atom is -0.265 e. The summed E-state index contributed by atoms with van der Waals surface area (Å²) in [5.41, 5.74) is 1.07. The van der Waals surface area contributed by atoms with Crippen LogP contribution in [0, 0.1) is 10.1 Å². The fraction of sp³-hybridized carbons (Fsp3) is 0.200. The Morgan fingerprint density at radius 3 is 2.62 bits per heavy atom. The van der Waals surface area contributed by atoms with E-state index >= 15 is 0 Å². The van der Waals surface area contributed by atoms with Crippen LogP contribution in [0.1, 0.15) is 12.0 Å². The number of nitro groups is 1. The fourth-order valence-corrected chi connectivity index (χ4v) is 0.964. The van der Waals surface area contributed by atoms with Gasteiger partial charge in [0.25, 0.3) is 0 Å². The second kappa shape index (κ2) is 5.09. The van der Waals surface area contributed by atoms with Gasteiger partial charge in [0.15, 0.2) is 0 Å². The van der Waals surface area contributed by atoms with E-state index in [1.165, 1.54) is 0 Å². The molecule has 13 heavy (non-hydrogen) atoms. The summed E-state index contributed by atoms with van der Waals surface area (Å²) in [4.78, 5) is 9.67. The summed E-state index contributed by atoms with van der Waals surface area (Å²) in [5.74, 6) is 0. The Balaban J connectivity index is 2.37. The van der Waals surface area contributed by atoms with Crippen molar-refractivity contribution in [1.29, 1.82) is 0 Å². The highest BCUT2D eigenvalue weighted by Gasteiger charge is 1.91. The molecule has 0 heterocycles. The maximum absolute atomic E-state index is 9.98. The normalized spacial score (nSPS) is 10.5. The molecule has 0 fully saturated rings. The van der Waals surface area contributed by atoms with Crippen molar-refractivity contribution in [3.8, 4) is 0 Å². The van der Waals surface area contributed by atoms with Gasteiger partial charge in [0.1, 0.15) is 0 Å². The molecule has 1 aromatic carbocycles. The zero-order chi connectivity index (χ0) is 9.52. The highest BCUT2D eigenvalue weighted by atomic mass is 16.6. The lowest BCUT2D eigenvalue weighted by Crippen LogP contribution is -1.97. The molecule has 3 heteroatoms. The van der Waals surface area contributed by atoms with Crippen molar-refractivity contribution < 1.29 is 4.92 Å². The van der Waals surface area contributed by atoms with Crippen LogP contribution in [0.15, 0.2) is 36.4 Å². The standard InChI is InChI=1S/C10H11NO2/c12-11(13)9-5-4-8-10-6-2-1-3-7-10/h1-4,6-8H,5,9H2/b8-4+. The van der Waals surface area contributed by atoms with Crippen LogP contribution in [0.4, 0.5) is 0 Å². The van der Waals surface area contributed by atoms with E-state index in [1.54, 1.807) is 0 Å². The van der Waals surface area contributed by atoms with Gasteiger partial charge in [-0.05, 0) is 5.56 Å². The molecule has 0 aliphatic heterocycles. The zero-order valence-corrected chi connectivity index (χ0v) is 7.22. The van der Waals surface area contributed by atoms with Gasteiger partial charge in [0.05, 0.1) is 0 Å². The molecule has 0 atom stereocenters. The molecule has 0 radical (unpaired) electrons. The van der Waals surface area contributed by atoms with Crippen molar-refractivity contribution in [2.45, 2.75) is 6.42 Å². The van der Waals surface area contributed by atoms with Crippen LogP contribution in [-0.4, -0.2) is 11.5 Å². The number of benzene rings is 1. The van der Waals surface area contributed by atoms with Gasteiger partial charge in [-0.15, -0.1) is 0 Å². The summed E-state index contributed by atoms with van der Waals surface area (Å²) in [6.45, 7) is 0.00331. The quantitative estimate of drug-likeness (QED) is 0.523. The second-order valence-corrected chi connectivity index (χ2v) is 2.66. The van der Waals surface area contributed by atoms with Gasteiger partial charge >= 0.3 is 0 Å². The van der Waals surface area contributed by atoms with Gasteiger partial charge in [-0.25, -0.2) is 0 Å². The van der Waals surface area contributed by atoms with Crippen molar-refractivity contribution in [1.82, 2.24) is 0 Å². The third-order valence-corrected chi connectivity index (χ3v) is 1.59. The van der Waals surface area contributed by atoms with E-state index in [1.807, 2.05) is 42.5 Å². The zero-order valence-electron chi connectivity index (χ0n) is 7.22. The van der Waals surface area contributed by atoms with E-state index in [9.17, 15) is 10.1 Å². The van der Waals surface area contributed by atoms with Crippen LogP contribution in [0.2, 0.25) is 0 Å². The first-order valence-electron chi connectivity index (χ1n) is 4.12. The summed E-state index contributed by atoms with van der Waals surface area (Å²) in [6, 6.07) is 9.74. The molecule has 0 saturated heterocycles. The molecule has 0 spiro atoms. The Labute approximate surface area is 76.9 Å². The Hall–Kier alpha value is -1.64. The molecule has 0 amide bonds. The topological polar surface area (TPSA) is 43.1 Å². The van der Waals surface area contributed by atoms with Gasteiger partial charge in [-0.2, -0.15) is 0 Å². The van der Waals surface area contributed by atoms with Crippen molar-refractivity contribution in [2.24, 2.45) is 0 Å². The molecule has 3 nitrogen and oxygen atoms in total. The lowest BCUT2D eigenvalue weighted by molar-refractivity contribution is -0.478. The molecule has 0 aromatic heterocycles. The third-order valence-electron chi connectivity index (χ3n) is 1.59. The SMILES string of the molecule is O=[N+]([O-])CC/C=C/c1ccccc1. The highest BCUT2D eigenvalue weighted by molar-refractivity contribution is 5.48. The monoisotopic (exact) mass is 177 g/mol. The number of rotatable bonds is 4. The number of nitrogens with zero attached hydrogens (tertiary/aromatic N) is 1. The van der Waals surface area contributed by atoms with Crippen molar-refractivity contribution in [3.63, 3.8) is 0 Å². The first kappa shape index (κ1) is 9.45. The fourth-order valence-electron chi connectivity index (χ4n) is 0.964. The molecular weight excluding hydrogens is 166 g/mol. The maximum atomic E-state index is 9.98. The molecule has 68 valence electrons. The Kier molecular flexibility index (Phi) is 3.70. The lowest BCUT2D eigenvalue weighted by Gasteiger charge is -1.90. The summed E-state index contributed by atoms with van der Waals surface area (Å²) in [5, 5.41) is 9.98. The molecule has 1 aromatic rings. The Morgan fingerprint density at radius 2 is 2.00 bits per heavy atom. The van der Waals surface area contributed by atoms with Gasteiger partial charge in [0, 0.05) is 11.3 Å². The Bertz CT molecular complexity index is 293. The maximum Gasteiger partial charge on any atom is 0.207 e. The van der Waals surface area contributed by atoms with Gasteiger partial charge < -0.3 is 0 Å². The number of hydrogen-bond donors (Lipinski definition) is 0. The van der Waals surface area contributed by atoms with Gasteiger partial charge in [-0.1, -0.05) is 42.5 Å². The lowest BCUT2D eigenvalue weighted by atomic mass is 10.2. The summed E-state index contributed by atoms with van der Waals surface area (Å²) >= 11 is 0. The van der Waals surface area contributed by atoms with E-state index < -0.39 is 0 Å². The average Bonchev–Trinajstić information content (AvgIpc) is 2.14. The average molecular weight is 177 g/mol. The minimum absolute atomic E-state index is 0.00331. The first-order valence-corrected chi connectivity index (χ1v) is 4.12. The number of hydrogen-bond acceptors (Lipinski definition) is 2. The molecule has 0 unspecified atom stereocenters. The smallest absolute Gasteiger partial charge is 0.207 e. The summed E-state index contributed by atoms with van der Waals surface area (Å²) in [7, 11) is 0. The Morgan fingerprint density at radius 1 is 1.31 bits per heavy atom. The largest absolute Gasteiger partial charge is 0.265 e. The van der Waals surface area contributed by atoms with Crippen LogP contribution >= 0.6 is 0 Å². The third kappa shape index (κ3) is 4.06.